The van der Waals surface area contributed by atoms with E-state index in [-0.39, 0.29) is 0 Å². The fraction of sp³-hybridized carbons (Fsp3) is 0.765. The molecule has 3 heteroatoms. The number of rotatable bonds is 7. The summed E-state index contributed by atoms with van der Waals surface area (Å²) in [6.07, 6.45) is 9.39. The van der Waals surface area contributed by atoms with Gasteiger partial charge in [-0.15, -0.1) is 11.3 Å². The highest BCUT2D eigenvalue weighted by Gasteiger charge is 2.27. The minimum absolute atomic E-state index is 0.641. The lowest BCUT2D eigenvalue weighted by Crippen LogP contribution is -2.40. The molecule has 0 saturated heterocycles. The van der Waals surface area contributed by atoms with Crippen molar-refractivity contribution in [3.8, 4) is 0 Å². The van der Waals surface area contributed by atoms with Crippen molar-refractivity contribution < 1.29 is 0 Å². The van der Waals surface area contributed by atoms with Crippen molar-refractivity contribution in [3.05, 3.63) is 21.3 Å². The molecule has 0 radical (unpaired) electrons. The van der Waals surface area contributed by atoms with E-state index in [9.17, 15) is 0 Å². The molecule has 0 amide bonds. The van der Waals surface area contributed by atoms with Gasteiger partial charge < -0.3 is 5.32 Å². The predicted octanol–water partition coefficient (Wildman–Crippen LogP) is 5.53. The summed E-state index contributed by atoms with van der Waals surface area (Å²) in [4.78, 5) is 1.43. The lowest BCUT2D eigenvalue weighted by molar-refractivity contribution is 0.217. The SMILES string of the molecule is CCCNC(Cc1ccc(Cl)s1)C1CCC(CC)CC1. The molecule has 2 rings (SSSR count). The van der Waals surface area contributed by atoms with Crippen molar-refractivity contribution in [1.82, 2.24) is 5.32 Å². The molecule has 1 aliphatic carbocycles. The molecular formula is C17H28ClNS. The van der Waals surface area contributed by atoms with Gasteiger partial charge in [0.25, 0.3) is 0 Å². The molecule has 1 aromatic heterocycles. The quantitative estimate of drug-likeness (QED) is 0.698. The maximum Gasteiger partial charge on any atom is 0.0931 e. The average Bonchev–Trinajstić information content (AvgIpc) is 2.89. The summed E-state index contributed by atoms with van der Waals surface area (Å²) in [5, 5.41) is 3.79. The Hall–Kier alpha value is -0.0500. The van der Waals surface area contributed by atoms with Gasteiger partial charge in [-0.05, 0) is 56.2 Å². The lowest BCUT2D eigenvalue weighted by atomic mass is 9.76. The fourth-order valence-corrected chi connectivity index (χ4v) is 4.56. The number of nitrogens with one attached hydrogen (secondary N) is 1. The minimum atomic E-state index is 0.641. The van der Waals surface area contributed by atoms with E-state index in [4.69, 9.17) is 11.6 Å². The van der Waals surface area contributed by atoms with Crippen LogP contribution in [-0.2, 0) is 6.42 Å². The van der Waals surface area contributed by atoms with Gasteiger partial charge in [0.15, 0.2) is 0 Å². The molecule has 1 saturated carbocycles. The van der Waals surface area contributed by atoms with E-state index in [1.165, 1.54) is 43.4 Å². The van der Waals surface area contributed by atoms with Gasteiger partial charge in [0.1, 0.15) is 0 Å². The molecule has 1 fully saturated rings. The summed E-state index contributed by atoms with van der Waals surface area (Å²) >= 11 is 7.81. The zero-order chi connectivity index (χ0) is 14.4. The molecule has 1 aliphatic rings. The molecule has 0 spiro atoms. The Morgan fingerprint density at radius 3 is 2.55 bits per heavy atom. The van der Waals surface area contributed by atoms with Crippen LogP contribution in [0, 0.1) is 11.8 Å². The highest BCUT2D eigenvalue weighted by molar-refractivity contribution is 7.16. The van der Waals surface area contributed by atoms with Crippen LogP contribution in [0.1, 0.15) is 57.2 Å². The van der Waals surface area contributed by atoms with E-state index in [0.717, 1.165) is 29.1 Å². The van der Waals surface area contributed by atoms with Gasteiger partial charge in [0.05, 0.1) is 4.34 Å². The second-order valence-corrected chi connectivity index (χ2v) is 7.96. The van der Waals surface area contributed by atoms with Crippen LogP contribution in [0.2, 0.25) is 4.34 Å². The maximum atomic E-state index is 6.07. The number of hydrogen-bond donors (Lipinski definition) is 1. The Balaban J connectivity index is 1.92. The summed E-state index contributed by atoms with van der Waals surface area (Å²) in [6.45, 7) is 5.73. The van der Waals surface area contributed by atoms with Crippen LogP contribution in [0.25, 0.3) is 0 Å². The van der Waals surface area contributed by atoms with Crippen molar-refractivity contribution in [1.29, 1.82) is 0 Å². The summed E-state index contributed by atoms with van der Waals surface area (Å²) < 4.78 is 0.920. The third-order valence-electron chi connectivity index (χ3n) is 4.74. The van der Waals surface area contributed by atoms with Crippen LogP contribution in [0.15, 0.2) is 12.1 Å². The van der Waals surface area contributed by atoms with Crippen molar-refractivity contribution >= 4 is 22.9 Å². The topological polar surface area (TPSA) is 12.0 Å². The molecule has 0 aliphatic heterocycles. The van der Waals surface area contributed by atoms with Crippen LogP contribution >= 0.6 is 22.9 Å². The van der Waals surface area contributed by atoms with E-state index in [1.807, 2.05) is 6.07 Å². The Kier molecular flexibility index (Phi) is 6.86. The van der Waals surface area contributed by atoms with Crippen molar-refractivity contribution in [3.63, 3.8) is 0 Å². The van der Waals surface area contributed by atoms with E-state index in [0.29, 0.717) is 6.04 Å². The first-order valence-corrected chi connectivity index (χ1v) is 9.40. The molecule has 1 unspecified atom stereocenters. The van der Waals surface area contributed by atoms with Crippen molar-refractivity contribution in [2.45, 2.75) is 64.8 Å². The van der Waals surface area contributed by atoms with Gasteiger partial charge >= 0.3 is 0 Å². The minimum Gasteiger partial charge on any atom is -0.313 e. The van der Waals surface area contributed by atoms with Crippen LogP contribution in [0.5, 0.6) is 0 Å². The summed E-state index contributed by atoms with van der Waals surface area (Å²) in [6, 6.07) is 4.88. The number of hydrogen-bond acceptors (Lipinski definition) is 2. The molecule has 20 heavy (non-hydrogen) atoms. The van der Waals surface area contributed by atoms with Gasteiger partial charge in [0.2, 0.25) is 0 Å². The van der Waals surface area contributed by atoms with Gasteiger partial charge in [-0.1, -0.05) is 44.7 Å². The zero-order valence-corrected chi connectivity index (χ0v) is 14.4. The maximum absolute atomic E-state index is 6.07. The van der Waals surface area contributed by atoms with Crippen LogP contribution < -0.4 is 5.32 Å². The van der Waals surface area contributed by atoms with E-state index < -0.39 is 0 Å². The molecule has 1 nitrogen and oxygen atoms in total. The first-order chi connectivity index (χ1) is 9.72. The summed E-state index contributed by atoms with van der Waals surface area (Å²) in [5.41, 5.74) is 0. The Bertz CT molecular complexity index is 382. The molecule has 1 aromatic rings. The van der Waals surface area contributed by atoms with Crippen molar-refractivity contribution in [2.24, 2.45) is 11.8 Å². The smallest absolute Gasteiger partial charge is 0.0931 e. The predicted molar refractivity (Wildman–Crippen MR) is 90.9 cm³/mol. The number of thiophene rings is 1. The lowest BCUT2D eigenvalue weighted by Gasteiger charge is -2.34. The summed E-state index contributed by atoms with van der Waals surface area (Å²) in [5.74, 6) is 1.83. The van der Waals surface area contributed by atoms with E-state index >= 15 is 0 Å². The first kappa shape index (κ1) is 16.3. The molecule has 1 heterocycles. The average molecular weight is 314 g/mol. The highest BCUT2D eigenvalue weighted by Crippen LogP contribution is 2.34. The monoisotopic (exact) mass is 313 g/mol. The summed E-state index contributed by atoms with van der Waals surface area (Å²) in [7, 11) is 0. The Morgan fingerprint density at radius 1 is 1.25 bits per heavy atom. The van der Waals surface area contributed by atoms with Gasteiger partial charge in [-0.3, -0.25) is 0 Å². The second-order valence-electron chi connectivity index (χ2n) is 6.16. The molecule has 0 aromatic carbocycles. The second kappa shape index (κ2) is 8.41. The molecule has 0 bridgehead atoms. The zero-order valence-electron chi connectivity index (χ0n) is 12.8. The molecule has 114 valence electrons. The Labute approximate surface area is 133 Å². The van der Waals surface area contributed by atoms with Crippen molar-refractivity contribution in [2.75, 3.05) is 6.54 Å². The third kappa shape index (κ3) is 4.75. The standard InChI is InChI=1S/C17H28ClNS/c1-3-11-19-16(12-15-9-10-17(18)20-15)14-7-5-13(4-2)6-8-14/h9-10,13-14,16,19H,3-8,11-12H2,1-2H3. The fourth-order valence-electron chi connectivity index (χ4n) is 3.41. The highest BCUT2D eigenvalue weighted by atomic mass is 35.5. The Morgan fingerprint density at radius 2 is 2.00 bits per heavy atom. The van der Waals surface area contributed by atoms with Gasteiger partial charge in [-0.25, -0.2) is 0 Å². The van der Waals surface area contributed by atoms with Crippen LogP contribution in [0.3, 0.4) is 0 Å². The largest absolute Gasteiger partial charge is 0.313 e. The van der Waals surface area contributed by atoms with Gasteiger partial charge in [0, 0.05) is 10.9 Å². The molecular weight excluding hydrogens is 286 g/mol. The van der Waals surface area contributed by atoms with Crippen LogP contribution in [-0.4, -0.2) is 12.6 Å². The molecule has 1 N–H and O–H groups in total. The van der Waals surface area contributed by atoms with Crippen LogP contribution in [0.4, 0.5) is 0 Å². The first-order valence-electron chi connectivity index (χ1n) is 8.20. The van der Waals surface area contributed by atoms with E-state index in [1.54, 1.807) is 11.3 Å². The van der Waals surface area contributed by atoms with Gasteiger partial charge in [-0.2, -0.15) is 0 Å². The molecule has 1 atom stereocenters. The normalized spacial score (nSPS) is 24.8. The third-order valence-corrected chi connectivity index (χ3v) is 6.00. The van der Waals surface area contributed by atoms with E-state index in [2.05, 4.69) is 25.2 Å². The number of halogens is 1.